The van der Waals surface area contributed by atoms with Crippen LogP contribution in [-0.4, -0.2) is 70.7 Å². The van der Waals surface area contributed by atoms with Crippen molar-refractivity contribution in [2.75, 3.05) is 24.6 Å². The van der Waals surface area contributed by atoms with Crippen molar-refractivity contribution in [3.8, 4) is 11.3 Å². The first-order valence-corrected chi connectivity index (χ1v) is 13.7. The number of fused-ring (bicyclic) bond motifs is 1. The monoisotopic (exact) mass is 485 g/mol. The van der Waals surface area contributed by atoms with E-state index in [9.17, 15) is 13.2 Å². The molecule has 2 unspecified atom stereocenters. The molecule has 0 bridgehead atoms. The van der Waals surface area contributed by atoms with Crippen molar-refractivity contribution in [2.45, 2.75) is 58.7 Å². The van der Waals surface area contributed by atoms with E-state index in [2.05, 4.69) is 15.3 Å². The van der Waals surface area contributed by atoms with Crippen LogP contribution in [0.15, 0.2) is 22.7 Å². The Morgan fingerprint density at radius 2 is 1.91 bits per heavy atom. The highest BCUT2D eigenvalue weighted by molar-refractivity contribution is 7.91. The molecule has 2 fully saturated rings. The maximum absolute atomic E-state index is 13.6. The number of pyridine rings is 1. The van der Waals surface area contributed by atoms with Crippen LogP contribution in [0.4, 0.5) is 0 Å². The molecular formula is C24H31N5O4S. The van der Waals surface area contributed by atoms with E-state index < -0.39 is 15.9 Å². The zero-order valence-electron chi connectivity index (χ0n) is 20.0. The van der Waals surface area contributed by atoms with Gasteiger partial charge in [-0.2, -0.15) is 5.10 Å². The molecule has 2 saturated heterocycles. The number of sulfone groups is 1. The number of carbonyl (C=O) groups excluding carboxylic acids is 1. The van der Waals surface area contributed by atoms with E-state index in [4.69, 9.17) is 9.40 Å². The van der Waals surface area contributed by atoms with Gasteiger partial charge in [-0.25, -0.2) is 18.1 Å². The third-order valence-corrected chi connectivity index (χ3v) is 8.58. The largest absolute Gasteiger partial charge is 0.466 e. The minimum absolute atomic E-state index is 0.0354. The summed E-state index contributed by atoms with van der Waals surface area (Å²) in [7, 11) is -3.21. The maximum atomic E-state index is 13.6. The number of nitrogens with one attached hydrogen (secondary N) is 1. The van der Waals surface area contributed by atoms with Crippen LogP contribution in [0.2, 0.25) is 0 Å². The first kappa shape index (κ1) is 23.0. The zero-order valence-corrected chi connectivity index (χ0v) is 20.9. The number of nitrogens with zero attached hydrogens (tertiary/aromatic N) is 4. The lowest BCUT2D eigenvalue weighted by Crippen LogP contribution is -2.50. The smallest absolute Gasteiger partial charge is 0.252 e. The summed E-state index contributed by atoms with van der Waals surface area (Å²) >= 11 is 0. The number of aryl methyl sites for hydroxylation is 2. The molecule has 2 aliphatic heterocycles. The third kappa shape index (κ3) is 4.13. The summed E-state index contributed by atoms with van der Waals surface area (Å²) in [6.45, 7) is 9.51. The maximum Gasteiger partial charge on any atom is 0.252 e. The lowest BCUT2D eigenvalue weighted by Gasteiger charge is -2.28. The number of rotatable bonds is 5. The highest BCUT2D eigenvalue weighted by Crippen LogP contribution is 2.30. The van der Waals surface area contributed by atoms with E-state index in [1.54, 1.807) is 16.9 Å². The zero-order chi connectivity index (χ0) is 24.2. The lowest BCUT2D eigenvalue weighted by molar-refractivity contribution is 0.0920. The third-order valence-electron chi connectivity index (χ3n) is 6.87. The normalized spacial score (nSPS) is 22.7. The highest BCUT2D eigenvalue weighted by Gasteiger charge is 2.42. The van der Waals surface area contributed by atoms with Crippen molar-refractivity contribution in [3.05, 3.63) is 35.4 Å². The minimum atomic E-state index is -3.21. The Morgan fingerprint density at radius 1 is 1.18 bits per heavy atom. The Bertz CT molecular complexity index is 1350. The Morgan fingerprint density at radius 3 is 2.56 bits per heavy atom. The summed E-state index contributed by atoms with van der Waals surface area (Å²) < 4.78 is 32.5. The van der Waals surface area contributed by atoms with Gasteiger partial charge in [0, 0.05) is 17.6 Å². The van der Waals surface area contributed by atoms with Gasteiger partial charge in [-0.05, 0) is 65.8 Å². The second kappa shape index (κ2) is 8.49. The van der Waals surface area contributed by atoms with Crippen LogP contribution in [0.3, 0.4) is 0 Å². The number of furan rings is 1. The molecule has 3 aromatic rings. The number of amides is 1. The van der Waals surface area contributed by atoms with Crippen LogP contribution in [0, 0.1) is 13.8 Å². The number of carbonyl (C=O) groups is 1. The fourth-order valence-corrected chi connectivity index (χ4v) is 7.21. The molecule has 9 nitrogen and oxygen atoms in total. The summed E-state index contributed by atoms with van der Waals surface area (Å²) in [5, 5.41) is 8.18. The van der Waals surface area contributed by atoms with E-state index in [1.165, 1.54) is 0 Å². The molecule has 3 aromatic heterocycles. The molecule has 1 N–H and O–H groups in total. The summed E-state index contributed by atoms with van der Waals surface area (Å²) in [6.07, 6.45) is 3.78. The Hall–Kier alpha value is -2.72. The first-order chi connectivity index (χ1) is 16.1. The predicted octanol–water partition coefficient (Wildman–Crippen LogP) is 2.88. The SMILES string of the molecule is Cc1cc(-c2cc(C(=O)NC3CS(=O)(=O)CC3N3CCCC3)c3cnn(C(C)C)c3n2)c(C)o1. The molecule has 10 heteroatoms. The van der Waals surface area contributed by atoms with Gasteiger partial charge >= 0.3 is 0 Å². The van der Waals surface area contributed by atoms with Crippen molar-refractivity contribution in [3.63, 3.8) is 0 Å². The number of hydrogen-bond acceptors (Lipinski definition) is 7. The van der Waals surface area contributed by atoms with Crippen LogP contribution >= 0.6 is 0 Å². The lowest BCUT2D eigenvalue weighted by atomic mass is 10.1. The van der Waals surface area contributed by atoms with Gasteiger partial charge in [0.1, 0.15) is 11.5 Å². The second-order valence-electron chi connectivity index (χ2n) is 9.77. The van der Waals surface area contributed by atoms with Gasteiger partial charge in [0.15, 0.2) is 15.5 Å². The Balaban J connectivity index is 1.55. The van der Waals surface area contributed by atoms with Crippen molar-refractivity contribution >= 4 is 26.8 Å². The molecule has 34 heavy (non-hydrogen) atoms. The number of hydrogen-bond donors (Lipinski definition) is 1. The van der Waals surface area contributed by atoms with Crippen LogP contribution in [0.5, 0.6) is 0 Å². The molecule has 5 rings (SSSR count). The molecule has 2 atom stereocenters. The standard InChI is InChI=1S/C24H31N5O4S/c1-14(2)29-23-19(11-25-29)18(10-20(26-23)17-9-15(3)33-16(17)4)24(30)27-21-12-34(31,32)13-22(21)28-7-5-6-8-28/h9-11,14,21-22H,5-8,12-13H2,1-4H3,(H,27,30). The quantitative estimate of drug-likeness (QED) is 0.592. The van der Waals surface area contributed by atoms with Crippen LogP contribution in [0.1, 0.15) is 54.6 Å². The summed E-state index contributed by atoms with van der Waals surface area (Å²) in [4.78, 5) is 20.7. The molecule has 1 amide bonds. The predicted molar refractivity (Wildman–Crippen MR) is 130 cm³/mol. The van der Waals surface area contributed by atoms with E-state index >= 15 is 0 Å². The van der Waals surface area contributed by atoms with Gasteiger partial charge in [0.05, 0.1) is 40.4 Å². The summed E-state index contributed by atoms with van der Waals surface area (Å²) in [6, 6.07) is 3.10. The summed E-state index contributed by atoms with van der Waals surface area (Å²) in [5.74, 6) is 1.24. The first-order valence-electron chi connectivity index (χ1n) is 11.8. The fraction of sp³-hybridized carbons (Fsp3) is 0.542. The van der Waals surface area contributed by atoms with E-state index in [-0.39, 0.29) is 29.5 Å². The van der Waals surface area contributed by atoms with Crippen molar-refractivity contribution in [2.24, 2.45) is 0 Å². The molecule has 5 heterocycles. The van der Waals surface area contributed by atoms with Gasteiger partial charge in [-0.1, -0.05) is 0 Å². The average molecular weight is 486 g/mol. The molecule has 0 aliphatic carbocycles. The fourth-order valence-electron chi connectivity index (χ4n) is 5.25. The minimum Gasteiger partial charge on any atom is -0.466 e. The summed E-state index contributed by atoms with van der Waals surface area (Å²) in [5.41, 5.74) is 2.51. The molecule has 0 aromatic carbocycles. The van der Waals surface area contributed by atoms with Gasteiger partial charge in [-0.3, -0.25) is 9.69 Å². The van der Waals surface area contributed by atoms with E-state index in [1.807, 2.05) is 33.8 Å². The van der Waals surface area contributed by atoms with Gasteiger partial charge in [0.2, 0.25) is 0 Å². The number of likely N-dealkylation sites (tertiary alicyclic amines) is 1. The highest BCUT2D eigenvalue weighted by atomic mass is 32.2. The topological polar surface area (TPSA) is 110 Å². The molecule has 0 saturated carbocycles. The van der Waals surface area contributed by atoms with E-state index in [0.29, 0.717) is 22.3 Å². The van der Waals surface area contributed by atoms with Gasteiger partial charge < -0.3 is 9.73 Å². The second-order valence-corrected chi connectivity index (χ2v) is 11.9. The molecule has 2 aliphatic rings. The van der Waals surface area contributed by atoms with Crippen LogP contribution in [0.25, 0.3) is 22.3 Å². The van der Waals surface area contributed by atoms with Crippen LogP contribution < -0.4 is 5.32 Å². The molecule has 0 radical (unpaired) electrons. The Kier molecular flexibility index (Phi) is 5.76. The van der Waals surface area contributed by atoms with Gasteiger partial charge in [0.25, 0.3) is 5.91 Å². The Labute approximate surface area is 199 Å². The van der Waals surface area contributed by atoms with Crippen molar-refractivity contribution in [1.29, 1.82) is 0 Å². The average Bonchev–Trinajstić information content (AvgIpc) is 3.53. The van der Waals surface area contributed by atoms with Crippen molar-refractivity contribution < 1.29 is 17.6 Å². The molecular weight excluding hydrogens is 454 g/mol. The van der Waals surface area contributed by atoms with Crippen molar-refractivity contribution in [1.82, 2.24) is 25.0 Å². The molecule has 182 valence electrons. The van der Waals surface area contributed by atoms with Gasteiger partial charge in [-0.15, -0.1) is 0 Å². The number of aromatic nitrogens is 3. The van der Waals surface area contributed by atoms with E-state index in [0.717, 1.165) is 43.0 Å². The van der Waals surface area contributed by atoms with Crippen LogP contribution in [-0.2, 0) is 9.84 Å². The molecule has 0 spiro atoms.